The number of ether oxygens (including phenoxy) is 1. The second-order valence-electron chi connectivity index (χ2n) is 4.70. The minimum atomic E-state index is 0.558. The molecule has 0 aliphatic rings. The van der Waals surface area contributed by atoms with Crippen LogP contribution in [0, 0.1) is 6.92 Å². The fourth-order valence-electron chi connectivity index (χ4n) is 2.42. The molecule has 0 saturated carbocycles. The highest BCUT2D eigenvalue weighted by Crippen LogP contribution is 2.26. The Labute approximate surface area is 111 Å². The zero-order chi connectivity index (χ0) is 13.5. The van der Waals surface area contributed by atoms with Gasteiger partial charge in [-0.3, -0.25) is 0 Å². The number of hydrogen-bond donors (Lipinski definition) is 1. The normalized spacial score (nSPS) is 10.9. The Balaban J connectivity index is 3.00. The van der Waals surface area contributed by atoms with Crippen LogP contribution >= 0.6 is 0 Å². The molecule has 1 rings (SSSR count). The van der Waals surface area contributed by atoms with Gasteiger partial charge in [-0.1, -0.05) is 13.8 Å². The summed E-state index contributed by atoms with van der Waals surface area (Å²) in [4.78, 5) is 2.44. The monoisotopic (exact) mass is 250 g/mol. The number of rotatable bonds is 7. The lowest BCUT2D eigenvalue weighted by atomic mass is 10.1. The first-order valence-electron chi connectivity index (χ1n) is 6.75. The van der Waals surface area contributed by atoms with Gasteiger partial charge in [0.05, 0.1) is 6.61 Å². The fourth-order valence-corrected chi connectivity index (χ4v) is 2.42. The van der Waals surface area contributed by atoms with E-state index in [2.05, 4.69) is 31.7 Å². The summed E-state index contributed by atoms with van der Waals surface area (Å²) >= 11 is 0. The van der Waals surface area contributed by atoms with Crippen LogP contribution in [0.3, 0.4) is 0 Å². The topological polar surface area (TPSA) is 38.5 Å². The molecule has 0 aliphatic heterocycles. The van der Waals surface area contributed by atoms with Crippen molar-refractivity contribution < 1.29 is 4.74 Å². The van der Waals surface area contributed by atoms with E-state index in [1.807, 2.05) is 12.1 Å². The van der Waals surface area contributed by atoms with Crippen LogP contribution in [0.4, 0.5) is 11.4 Å². The smallest absolute Gasteiger partial charge is 0.0637 e. The molecule has 0 unspecified atom stereocenters. The van der Waals surface area contributed by atoms with Gasteiger partial charge >= 0.3 is 0 Å². The van der Waals surface area contributed by atoms with Crippen molar-refractivity contribution in [2.24, 2.45) is 0 Å². The third-order valence-corrected chi connectivity index (χ3v) is 3.45. The Hall–Kier alpha value is -1.22. The Kier molecular flexibility index (Phi) is 5.99. The van der Waals surface area contributed by atoms with E-state index in [1.54, 1.807) is 7.11 Å². The number of nitrogen functional groups attached to an aromatic ring is 1. The molecule has 1 aromatic rings. The molecule has 0 bridgehead atoms. The molecule has 3 nitrogen and oxygen atoms in total. The van der Waals surface area contributed by atoms with Crippen molar-refractivity contribution in [2.45, 2.75) is 39.7 Å². The summed E-state index contributed by atoms with van der Waals surface area (Å²) in [5, 5.41) is 0. The molecule has 0 spiro atoms. The Morgan fingerprint density at radius 3 is 2.44 bits per heavy atom. The molecule has 3 heteroatoms. The van der Waals surface area contributed by atoms with Crippen LogP contribution in [0.2, 0.25) is 0 Å². The van der Waals surface area contributed by atoms with Crippen LogP contribution in [-0.4, -0.2) is 26.3 Å². The van der Waals surface area contributed by atoms with Gasteiger partial charge in [-0.15, -0.1) is 0 Å². The average Bonchev–Trinajstić information content (AvgIpc) is 2.35. The van der Waals surface area contributed by atoms with E-state index in [0.29, 0.717) is 6.04 Å². The van der Waals surface area contributed by atoms with Gasteiger partial charge in [0.2, 0.25) is 0 Å². The molecular formula is C15H26N2O. The Morgan fingerprint density at radius 1 is 1.28 bits per heavy atom. The largest absolute Gasteiger partial charge is 0.399 e. The molecule has 0 aromatic heterocycles. The lowest BCUT2D eigenvalue weighted by molar-refractivity contribution is 0.202. The molecule has 0 fully saturated rings. The first-order valence-corrected chi connectivity index (χ1v) is 6.75. The van der Waals surface area contributed by atoms with E-state index in [4.69, 9.17) is 10.5 Å². The third kappa shape index (κ3) is 3.64. The van der Waals surface area contributed by atoms with E-state index >= 15 is 0 Å². The van der Waals surface area contributed by atoms with Crippen LogP contribution in [0.1, 0.15) is 32.3 Å². The number of anilines is 2. The molecule has 0 atom stereocenters. The predicted molar refractivity (Wildman–Crippen MR) is 79.2 cm³/mol. The maximum absolute atomic E-state index is 5.83. The van der Waals surface area contributed by atoms with E-state index in [0.717, 1.165) is 31.7 Å². The number of benzene rings is 1. The molecule has 0 aliphatic carbocycles. The molecule has 0 amide bonds. The molecule has 2 N–H and O–H groups in total. The molecule has 102 valence electrons. The van der Waals surface area contributed by atoms with Gasteiger partial charge in [-0.25, -0.2) is 0 Å². The van der Waals surface area contributed by atoms with Gasteiger partial charge in [-0.2, -0.15) is 0 Å². The molecule has 0 saturated heterocycles. The van der Waals surface area contributed by atoms with Crippen LogP contribution in [0.15, 0.2) is 18.2 Å². The van der Waals surface area contributed by atoms with Crippen molar-refractivity contribution in [3.8, 4) is 0 Å². The zero-order valence-corrected chi connectivity index (χ0v) is 12.1. The lowest BCUT2D eigenvalue weighted by Crippen LogP contribution is -2.37. The summed E-state index contributed by atoms with van der Waals surface area (Å²) in [6.45, 7) is 8.27. The fraction of sp³-hybridized carbons (Fsp3) is 0.600. The van der Waals surface area contributed by atoms with Gasteiger partial charge in [-0.05, 0) is 43.5 Å². The van der Waals surface area contributed by atoms with Gasteiger partial charge in [0, 0.05) is 31.1 Å². The minimum absolute atomic E-state index is 0.558. The van der Waals surface area contributed by atoms with Gasteiger partial charge in [0.15, 0.2) is 0 Å². The van der Waals surface area contributed by atoms with E-state index in [9.17, 15) is 0 Å². The van der Waals surface area contributed by atoms with Crippen LogP contribution in [0.5, 0.6) is 0 Å². The maximum atomic E-state index is 5.83. The zero-order valence-electron chi connectivity index (χ0n) is 12.1. The van der Waals surface area contributed by atoms with E-state index < -0.39 is 0 Å². The number of nitrogens with two attached hydrogens (primary N) is 1. The highest BCUT2D eigenvalue weighted by atomic mass is 16.5. The van der Waals surface area contributed by atoms with Crippen LogP contribution in [-0.2, 0) is 4.74 Å². The van der Waals surface area contributed by atoms with Crippen molar-refractivity contribution in [1.29, 1.82) is 0 Å². The number of nitrogens with zero attached hydrogens (tertiary/aromatic N) is 1. The molecule has 0 heterocycles. The molecular weight excluding hydrogens is 224 g/mol. The number of aryl methyl sites for hydroxylation is 1. The van der Waals surface area contributed by atoms with Gasteiger partial charge < -0.3 is 15.4 Å². The second kappa shape index (κ2) is 7.27. The van der Waals surface area contributed by atoms with Gasteiger partial charge in [0.25, 0.3) is 0 Å². The quantitative estimate of drug-likeness (QED) is 0.755. The summed E-state index contributed by atoms with van der Waals surface area (Å²) in [5.74, 6) is 0. The highest BCUT2D eigenvalue weighted by molar-refractivity contribution is 5.59. The van der Waals surface area contributed by atoms with Crippen LogP contribution in [0.25, 0.3) is 0 Å². The van der Waals surface area contributed by atoms with Crippen LogP contribution < -0.4 is 10.6 Å². The summed E-state index contributed by atoms with van der Waals surface area (Å²) in [6.07, 6.45) is 2.29. The van der Waals surface area contributed by atoms with E-state index in [-0.39, 0.29) is 0 Å². The standard InChI is InChI=1S/C15H26N2O/c1-5-14(6-2)17(9-10-18-4)15-8-7-13(16)11-12(15)3/h7-8,11,14H,5-6,9-10,16H2,1-4H3. The Bertz CT molecular complexity index is 362. The third-order valence-electron chi connectivity index (χ3n) is 3.45. The summed E-state index contributed by atoms with van der Waals surface area (Å²) in [6, 6.07) is 6.70. The minimum Gasteiger partial charge on any atom is -0.399 e. The van der Waals surface area contributed by atoms with Crippen molar-refractivity contribution >= 4 is 11.4 Å². The SMILES string of the molecule is CCC(CC)N(CCOC)c1ccc(N)cc1C. The number of methoxy groups -OCH3 is 1. The van der Waals surface area contributed by atoms with Crippen molar-refractivity contribution in [3.63, 3.8) is 0 Å². The summed E-state index contributed by atoms with van der Waals surface area (Å²) < 4.78 is 5.23. The van der Waals surface area contributed by atoms with Crippen molar-refractivity contribution in [1.82, 2.24) is 0 Å². The predicted octanol–water partition coefficient (Wildman–Crippen LogP) is 3.22. The first kappa shape index (κ1) is 14.8. The van der Waals surface area contributed by atoms with Gasteiger partial charge in [0.1, 0.15) is 0 Å². The number of hydrogen-bond acceptors (Lipinski definition) is 3. The van der Waals surface area contributed by atoms with E-state index in [1.165, 1.54) is 11.3 Å². The Morgan fingerprint density at radius 2 is 1.94 bits per heavy atom. The first-order chi connectivity index (χ1) is 8.63. The van der Waals surface area contributed by atoms with Crippen molar-refractivity contribution in [2.75, 3.05) is 30.9 Å². The molecule has 1 aromatic carbocycles. The average molecular weight is 250 g/mol. The lowest BCUT2D eigenvalue weighted by Gasteiger charge is -2.33. The highest BCUT2D eigenvalue weighted by Gasteiger charge is 2.17. The summed E-state index contributed by atoms with van der Waals surface area (Å²) in [5.41, 5.74) is 9.16. The molecule has 18 heavy (non-hydrogen) atoms. The maximum Gasteiger partial charge on any atom is 0.0637 e. The molecule has 0 radical (unpaired) electrons. The van der Waals surface area contributed by atoms with Crippen molar-refractivity contribution in [3.05, 3.63) is 23.8 Å². The second-order valence-corrected chi connectivity index (χ2v) is 4.70. The summed E-state index contributed by atoms with van der Waals surface area (Å²) in [7, 11) is 1.75.